The zero-order valence-corrected chi connectivity index (χ0v) is 20.1. The number of hydrogen-bond acceptors (Lipinski definition) is 5. The van der Waals surface area contributed by atoms with Gasteiger partial charge in [0.15, 0.2) is 19.3 Å². The molecule has 0 aliphatic heterocycles. The van der Waals surface area contributed by atoms with Gasteiger partial charge in [0.1, 0.15) is 23.9 Å². The van der Waals surface area contributed by atoms with Crippen LogP contribution in [0.4, 0.5) is 26.3 Å². The van der Waals surface area contributed by atoms with Gasteiger partial charge in [0.05, 0.1) is 0 Å². The Morgan fingerprint density at radius 2 is 1.50 bits per heavy atom. The summed E-state index contributed by atoms with van der Waals surface area (Å²) >= 11 is 0. The quantitative estimate of drug-likeness (QED) is 0.277. The van der Waals surface area contributed by atoms with E-state index in [1.807, 2.05) is 0 Å². The number of carboxylic acid groups (broad SMARTS) is 1. The molecule has 0 aliphatic rings. The lowest BCUT2D eigenvalue weighted by atomic mass is 10.1. The minimum atomic E-state index is -4.64. The third-order valence-electron chi connectivity index (χ3n) is 4.44. The molecule has 2 aromatic rings. The summed E-state index contributed by atoms with van der Waals surface area (Å²) < 4.78 is 94.5. The summed E-state index contributed by atoms with van der Waals surface area (Å²) in [4.78, 5) is 11.2. The molecule has 0 aliphatic carbocycles. The zero-order chi connectivity index (χ0) is 28.2. The van der Waals surface area contributed by atoms with Crippen molar-refractivity contribution in [2.24, 2.45) is 0 Å². The van der Waals surface area contributed by atoms with Gasteiger partial charge >= 0.3 is 18.3 Å². The molecule has 12 heteroatoms. The van der Waals surface area contributed by atoms with Crippen LogP contribution in [0.5, 0.6) is 17.2 Å². The average molecular weight is 546 g/mol. The Bertz CT molecular complexity index is 1090. The van der Waals surface area contributed by atoms with Crippen LogP contribution in [0.15, 0.2) is 54.6 Å². The lowest BCUT2D eigenvalue weighted by molar-refractivity contribution is -0.154. The number of halogens is 6. The van der Waals surface area contributed by atoms with Gasteiger partial charge in [-0.15, -0.1) is 0 Å². The molecule has 0 heterocycles. The third kappa shape index (κ3) is 12.4. The Labute approximate surface area is 214 Å². The minimum Gasteiger partial charge on any atom is -0.490 e. The Balaban J connectivity index is 1.97. The smallest absolute Gasteiger partial charge is 0.422 e. The largest absolute Gasteiger partial charge is 0.490 e. The molecule has 1 N–H and O–H groups in total. The van der Waals surface area contributed by atoms with Crippen LogP contribution in [0.25, 0.3) is 0 Å². The van der Waals surface area contributed by atoms with Gasteiger partial charge in [-0.25, -0.2) is 4.79 Å². The fourth-order valence-electron chi connectivity index (χ4n) is 2.87. The van der Waals surface area contributed by atoms with E-state index in [2.05, 4.69) is 21.3 Å². The number of hydrogen-bond donors (Lipinski definition) is 1. The van der Waals surface area contributed by atoms with Crippen LogP contribution >= 0.6 is 0 Å². The molecule has 1 atom stereocenters. The van der Waals surface area contributed by atoms with E-state index in [0.717, 1.165) is 23.8 Å². The fourth-order valence-corrected chi connectivity index (χ4v) is 2.87. The maximum Gasteiger partial charge on any atom is 0.422 e. The summed E-state index contributed by atoms with van der Waals surface area (Å²) in [5.74, 6) is 3.95. The Morgan fingerprint density at radius 1 is 0.921 bits per heavy atom. The molecule has 206 valence electrons. The first-order valence-corrected chi connectivity index (χ1v) is 11.1. The molecule has 0 radical (unpaired) electrons. The van der Waals surface area contributed by atoms with Crippen LogP contribution in [0, 0.1) is 11.8 Å². The summed E-state index contributed by atoms with van der Waals surface area (Å²) in [5, 5.41) is 9.15. The van der Waals surface area contributed by atoms with Crippen LogP contribution in [0.2, 0.25) is 0 Å². The molecule has 0 bridgehead atoms. The molecular weight excluding hydrogens is 522 g/mol. The minimum absolute atomic E-state index is 0.0784. The first kappa shape index (κ1) is 30.4. The zero-order valence-electron chi connectivity index (χ0n) is 20.1. The summed E-state index contributed by atoms with van der Waals surface area (Å²) in [5.41, 5.74) is 0.828. The van der Waals surface area contributed by atoms with E-state index in [1.54, 1.807) is 37.3 Å². The van der Waals surface area contributed by atoms with E-state index in [4.69, 9.17) is 14.6 Å². The lowest BCUT2D eigenvalue weighted by Crippen LogP contribution is -2.26. The summed E-state index contributed by atoms with van der Waals surface area (Å²) in [7, 11) is 0. The van der Waals surface area contributed by atoms with Gasteiger partial charge in [-0.3, -0.25) is 0 Å². The second kappa shape index (κ2) is 14.2. The second-order valence-electron chi connectivity index (χ2n) is 7.61. The number of benzene rings is 2. The van der Waals surface area contributed by atoms with E-state index < -0.39 is 37.6 Å². The van der Waals surface area contributed by atoms with E-state index in [-0.39, 0.29) is 36.7 Å². The number of alkyl halides is 6. The highest BCUT2D eigenvalue weighted by Crippen LogP contribution is 2.26. The van der Waals surface area contributed by atoms with Crippen molar-refractivity contribution >= 4 is 5.97 Å². The number of aliphatic carboxylic acids is 1. The molecule has 0 unspecified atom stereocenters. The van der Waals surface area contributed by atoms with Crippen molar-refractivity contribution in [2.75, 3.05) is 26.4 Å². The highest BCUT2D eigenvalue weighted by molar-refractivity contribution is 5.72. The molecule has 0 amide bonds. The maximum atomic E-state index is 12.4. The van der Waals surface area contributed by atoms with Gasteiger partial charge in [0, 0.05) is 24.7 Å². The number of carboxylic acids is 1. The molecule has 2 aromatic carbocycles. The molecule has 38 heavy (non-hydrogen) atoms. The van der Waals surface area contributed by atoms with Crippen molar-refractivity contribution in [1.29, 1.82) is 0 Å². The molecular formula is C26H24F6O6. The van der Waals surface area contributed by atoms with Gasteiger partial charge in [0.25, 0.3) is 0 Å². The maximum absolute atomic E-state index is 12.4. The highest BCUT2D eigenvalue weighted by Gasteiger charge is 2.30. The molecule has 0 fully saturated rings. The first-order valence-electron chi connectivity index (χ1n) is 11.1. The predicted octanol–water partition coefficient (Wildman–Crippen LogP) is 5.59. The first-order chi connectivity index (χ1) is 17.8. The van der Waals surface area contributed by atoms with Crippen LogP contribution < -0.4 is 14.2 Å². The van der Waals surface area contributed by atoms with E-state index in [1.165, 1.54) is 6.08 Å². The van der Waals surface area contributed by atoms with E-state index in [9.17, 15) is 31.1 Å². The predicted molar refractivity (Wildman–Crippen MR) is 124 cm³/mol. The normalized spacial score (nSPS) is 12.5. The van der Waals surface area contributed by atoms with Gasteiger partial charge in [-0.2, -0.15) is 26.3 Å². The van der Waals surface area contributed by atoms with E-state index in [0.29, 0.717) is 5.75 Å². The van der Waals surface area contributed by atoms with Crippen molar-refractivity contribution in [3.8, 4) is 29.1 Å². The Morgan fingerprint density at radius 3 is 2.00 bits per heavy atom. The van der Waals surface area contributed by atoms with Crippen molar-refractivity contribution in [3.05, 3.63) is 65.7 Å². The van der Waals surface area contributed by atoms with E-state index >= 15 is 0 Å². The lowest BCUT2D eigenvalue weighted by Gasteiger charge is -2.13. The van der Waals surface area contributed by atoms with Gasteiger partial charge < -0.3 is 24.1 Å². The van der Waals surface area contributed by atoms with Crippen LogP contribution in [0.3, 0.4) is 0 Å². The second-order valence-corrected chi connectivity index (χ2v) is 7.61. The average Bonchev–Trinajstić information content (AvgIpc) is 2.83. The molecule has 0 saturated heterocycles. The molecule has 0 saturated carbocycles. The van der Waals surface area contributed by atoms with Gasteiger partial charge in [-0.1, -0.05) is 24.0 Å². The molecule has 0 spiro atoms. The summed E-state index contributed by atoms with van der Waals surface area (Å²) in [6.07, 6.45) is -7.08. The number of allylic oxidation sites excluding steroid dienone is 1. The van der Waals surface area contributed by atoms with Crippen molar-refractivity contribution in [1.82, 2.24) is 0 Å². The third-order valence-corrected chi connectivity index (χ3v) is 4.44. The fraction of sp³-hybridized carbons (Fsp3) is 0.346. The number of rotatable bonds is 12. The molecule has 0 aromatic heterocycles. The van der Waals surface area contributed by atoms with Crippen LogP contribution in [0.1, 0.15) is 18.1 Å². The Kier molecular flexibility index (Phi) is 11.3. The number of ether oxygens (including phenoxy) is 4. The van der Waals surface area contributed by atoms with Crippen molar-refractivity contribution in [2.45, 2.75) is 31.8 Å². The van der Waals surface area contributed by atoms with Crippen molar-refractivity contribution < 1.29 is 55.2 Å². The van der Waals surface area contributed by atoms with Gasteiger partial charge in [-0.05, 0) is 48.9 Å². The standard InChI is InChI=1S/C26H24F6O6/c1-2-35-23(24(33)34)14-18-7-9-20(10-8-18)36-11-5-3-4-6-19-12-21(37-16-25(27,28)29)15-22(13-19)38-17-26(30,31)32/h3,5,7-10,12-13,15,23H,2,11,14,16-17H2,1H3,(H,33,34)/b5-3-/t23-/m0/s1. The van der Waals surface area contributed by atoms with Crippen LogP contribution in [-0.2, 0) is 16.0 Å². The number of carbonyl (C=O) groups is 1. The Hall–Kier alpha value is -3.85. The SMILES string of the molecule is CCO[C@@H](Cc1ccc(OC/C=C\C#Cc2cc(OCC(F)(F)F)cc(OCC(F)(F)F)c2)cc1)C(=O)O. The highest BCUT2D eigenvalue weighted by atomic mass is 19.4. The van der Waals surface area contributed by atoms with Crippen LogP contribution in [-0.4, -0.2) is 56.0 Å². The van der Waals surface area contributed by atoms with Crippen molar-refractivity contribution in [3.63, 3.8) is 0 Å². The topological polar surface area (TPSA) is 74.2 Å². The summed E-state index contributed by atoms with van der Waals surface area (Å²) in [6, 6.07) is 9.94. The monoisotopic (exact) mass is 546 g/mol. The van der Waals surface area contributed by atoms with Gasteiger partial charge in [0.2, 0.25) is 0 Å². The molecule has 6 nitrogen and oxygen atoms in total. The summed E-state index contributed by atoms with van der Waals surface area (Å²) in [6.45, 7) is -1.17. The molecule has 2 rings (SSSR count).